The van der Waals surface area contributed by atoms with E-state index in [0.29, 0.717) is 0 Å². The average molecular weight is 405 g/mol. The van der Waals surface area contributed by atoms with Crippen LogP contribution in [-0.2, 0) is 24.2 Å². The van der Waals surface area contributed by atoms with E-state index in [1.807, 2.05) is 6.08 Å². The lowest BCUT2D eigenvalue weighted by atomic mass is 9.77. The van der Waals surface area contributed by atoms with Crippen LogP contribution < -0.4 is 0 Å². The zero-order valence-corrected chi connectivity index (χ0v) is 19.0. The van der Waals surface area contributed by atoms with E-state index >= 15 is 0 Å². The predicted molar refractivity (Wildman–Crippen MR) is 129 cm³/mol. The lowest BCUT2D eigenvalue weighted by molar-refractivity contribution is 0.117. The molecule has 2 aromatic carbocycles. The van der Waals surface area contributed by atoms with Gasteiger partial charge in [0, 0.05) is 6.61 Å². The van der Waals surface area contributed by atoms with Crippen LogP contribution in [-0.4, -0.2) is 6.61 Å². The van der Waals surface area contributed by atoms with Crippen molar-refractivity contribution in [2.75, 3.05) is 6.61 Å². The Hall–Kier alpha value is -1.86. The number of ether oxygens (including phenoxy) is 1. The third-order valence-corrected chi connectivity index (χ3v) is 6.70. The van der Waals surface area contributed by atoms with Gasteiger partial charge in [-0.05, 0) is 85.5 Å². The Labute approximate surface area is 184 Å². The number of allylic oxidation sites excluding steroid dienone is 1. The van der Waals surface area contributed by atoms with Crippen molar-refractivity contribution >= 4 is 0 Å². The molecule has 1 aliphatic carbocycles. The van der Waals surface area contributed by atoms with Crippen molar-refractivity contribution < 1.29 is 4.74 Å². The first-order valence-electron chi connectivity index (χ1n) is 12.1. The highest BCUT2D eigenvalue weighted by atomic mass is 16.5. The second-order valence-corrected chi connectivity index (χ2v) is 9.07. The molecule has 0 aromatic heterocycles. The molecule has 0 saturated heterocycles. The van der Waals surface area contributed by atoms with E-state index in [-0.39, 0.29) is 0 Å². The molecule has 0 unspecified atom stereocenters. The van der Waals surface area contributed by atoms with E-state index in [0.717, 1.165) is 31.5 Å². The Morgan fingerprint density at radius 1 is 0.867 bits per heavy atom. The van der Waals surface area contributed by atoms with Crippen LogP contribution in [0.1, 0.15) is 86.5 Å². The lowest BCUT2D eigenvalue weighted by Crippen LogP contribution is -2.14. The number of aryl methyl sites for hydroxylation is 1. The molecule has 0 bridgehead atoms. The van der Waals surface area contributed by atoms with E-state index in [2.05, 4.69) is 62.0 Å². The van der Waals surface area contributed by atoms with Crippen LogP contribution in [0.15, 0.2) is 61.2 Å². The van der Waals surface area contributed by atoms with E-state index < -0.39 is 0 Å². The summed E-state index contributed by atoms with van der Waals surface area (Å²) in [5, 5.41) is 0. The maximum absolute atomic E-state index is 5.80. The molecule has 30 heavy (non-hydrogen) atoms. The molecular formula is C29H40O. The van der Waals surface area contributed by atoms with Gasteiger partial charge >= 0.3 is 0 Å². The topological polar surface area (TPSA) is 9.23 Å². The quantitative estimate of drug-likeness (QED) is 0.257. The predicted octanol–water partition coefficient (Wildman–Crippen LogP) is 8.03. The van der Waals surface area contributed by atoms with Crippen LogP contribution in [0.4, 0.5) is 0 Å². The van der Waals surface area contributed by atoms with Gasteiger partial charge in [0.25, 0.3) is 0 Å². The molecule has 0 N–H and O–H groups in total. The second-order valence-electron chi connectivity index (χ2n) is 9.07. The maximum atomic E-state index is 5.80. The van der Waals surface area contributed by atoms with Gasteiger partial charge in [0.2, 0.25) is 0 Å². The van der Waals surface area contributed by atoms with Crippen molar-refractivity contribution in [3.63, 3.8) is 0 Å². The van der Waals surface area contributed by atoms with E-state index in [1.54, 1.807) is 0 Å². The first-order chi connectivity index (χ1) is 14.8. The van der Waals surface area contributed by atoms with Gasteiger partial charge in [-0.1, -0.05) is 74.4 Å². The smallest absolute Gasteiger partial charge is 0.0716 e. The van der Waals surface area contributed by atoms with Gasteiger partial charge in [-0.15, -0.1) is 6.58 Å². The molecule has 0 aliphatic heterocycles. The minimum absolute atomic E-state index is 0.749. The lowest BCUT2D eigenvalue weighted by Gasteiger charge is -2.29. The third kappa shape index (κ3) is 7.43. The summed E-state index contributed by atoms with van der Waals surface area (Å²) in [4.78, 5) is 0. The number of rotatable bonds is 12. The van der Waals surface area contributed by atoms with Crippen molar-refractivity contribution in [1.82, 2.24) is 0 Å². The summed E-state index contributed by atoms with van der Waals surface area (Å²) < 4.78 is 5.80. The molecule has 0 radical (unpaired) electrons. The summed E-state index contributed by atoms with van der Waals surface area (Å²) in [6, 6.07) is 18.4. The molecule has 3 rings (SSSR count). The normalized spacial score (nSPS) is 19.0. The van der Waals surface area contributed by atoms with Crippen LogP contribution in [0.3, 0.4) is 0 Å². The highest BCUT2D eigenvalue weighted by Gasteiger charge is 2.22. The van der Waals surface area contributed by atoms with Crippen LogP contribution in [0, 0.1) is 5.92 Å². The van der Waals surface area contributed by atoms with Crippen LogP contribution in [0.25, 0.3) is 0 Å². The van der Waals surface area contributed by atoms with Crippen molar-refractivity contribution in [2.45, 2.75) is 83.7 Å². The first-order valence-corrected chi connectivity index (χ1v) is 12.1. The van der Waals surface area contributed by atoms with Crippen molar-refractivity contribution in [2.24, 2.45) is 5.92 Å². The zero-order valence-electron chi connectivity index (χ0n) is 19.0. The highest BCUT2D eigenvalue weighted by molar-refractivity contribution is 5.26. The molecule has 1 fully saturated rings. The summed E-state index contributed by atoms with van der Waals surface area (Å²) in [5.74, 6) is 1.64. The zero-order chi connectivity index (χ0) is 21.0. The molecule has 1 heteroatoms. The van der Waals surface area contributed by atoms with Crippen LogP contribution >= 0.6 is 0 Å². The summed E-state index contributed by atoms with van der Waals surface area (Å²) in [6.45, 7) is 7.70. The molecule has 1 nitrogen and oxygen atoms in total. The second kappa shape index (κ2) is 12.7. The van der Waals surface area contributed by atoms with Gasteiger partial charge in [-0.25, -0.2) is 0 Å². The summed E-state index contributed by atoms with van der Waals surface area (Å²) in [7, 11) is 0. The number of benzene rings is 2. The van der Waals surface area contributed by atoms with Crippen LogP contribution in [0.2, 0.25) is 0 Å². The molecule has 162 valence electrons. The van der Waals surface area contributed by atoms with E-state index in [9.17, 15) is 0 Å². The van der Waals surface area contributed by atoms with Gasteiger partial charge in [-0.3, -0.25) is 0 Å². The Morgan fingerprint density at radius 2 is 1.53 bits per heavy atom. The van der Waals surface area contributed by atoms with Gasteiger partial charge in [-0.2, -0.15) is 0 Å². The molecule has 0 spiro atoms. The molecule has 1 aliphatic rings. The number of unbranched alkanes of at least 4 members (excludes halogenated alkanes) is 2. The third-order valence-electron chi connectivity index (χ3n) is 6.70. The molecular weight excluding hydrogens is 364 g/mol. The monoisotopic (exact) mass is 404 g/mol. The minimum atomic E-state index is 0.749. The number of hydrogen-bond donors (Lipinski definition) is 0. The van der Waals surface area contributed by atoms with Gasteiger partial charge in [0.1, 0.15) is 0 Å². The van der Waals surface area contributed by atoms with E-state index in [1.165, 1.54) is 80.0 Å². The standard InChI is InChI=1S/C29H40O/c1-3-5-6-22-30-23-27-16-20-29(21-17-27)28-18-14-26(15-19-28)13-12-25-10-8-24(7-4-2)9-11-25/h4,8-11,16-17,20-21,26,28H,2-3,5-7,12-15,18-19,22-23H2,1H3/t26-,28-. The Balaban J connectivity index is 1.37. The summed E-state index contributed by atoms with van der Waals surface area (Å²) >= 11 is 0. The fourth-order valence-corrected chi connectivity index (χ4v) is 4.69. The Kier molecular flexibility index (Phi) is 9.70. The van der Waals surface area contributed by atoms with Crippen LogP contribution in [0.5, 0.6) is 0 Å². The Bertz CT molecular complexity index is 720. The van der Waals surface area contributed by atoms with Crippen molar-refractivity contribution in [3.05, 3.63) is 83.4 Å². The molecule has 0 heterocycles. The highest BCUT2D eigenvalue weighted by Crippen LogP contribution is 2.37. The molecule has 2 aromatic rings. The van der Waals surface area contributed by atoms with Crippen molar-refractivity contribution in [1.29, 1.82) is 0 Å². The van der Waals surface area contributed by atoms with Gasteiger partial charge < -0.3 is 4.74 Å². The van der Waals surface area contributed by atoms with Gasteiger partial charge in [0.05, 0.1) is 6.61 Å². The largest absolute Gasteiger partial charge is 0.377 e. The molecule has 0 amide bonds. The fourth-order valence-electron chi connectivity index (χ4n) is 4.69. The van der Waals surface area contributed by atoms with Gasteiger partial charge in [0.15, 0.2) is 0 Å². The average Bonchev–Trinajstić information content (AvgIpc) is 2.79. The SMILES string of the molecule is C=CCc1ccc(CC[C@H]2CC[C@H](c3ccc(COCCCCC)cc3)CC2)cc1. The molecule has 0 atom stereocenters. The molecule has 1 saturated carbocycles. The Morgan fingerprint density at radius 3 is 2.20 bits per heavy atom. The maximum Gasteiger partial charge on any atom is 0.0716 e. The fraction of sp³-hybridized carbons (Fsp3) is 0.517. The summed E-state index contributed by atoms with van der Waals surface area (Å²) in [5.41, 5.74) is 5.69. The summed E-state index contributed by atoms with van der Waals surface area (Å²) in [6.07, 6.45) is 14.6. The number of hydrogen-bond acceptors (Lipinski definition) is 1. The van der Waals surface area contributed by atoms with Crippen molar-refractivity contribution in [3.8, 4) is 0 Å². The minimum Gasteiger partial charge on any atom is -0.377 e. The van der Waals surface area contributed by atoms with E-state index in [4.69, 9.17) is 4.74 Å². The first kappa shape index (κ1) is 22.8.